The van der Waals surface area contributed by atoms with Crippen molar-refractivity contribution < 1.29 is 41.1 Å². The van der Waals surface area contributed by atoms with E-state index in [0.717, 1.165) is 11.1 Å². The van der Waals surface area contributed by atoms with Crippen LogP contribution in [0.25, 0.3) is 17.2 Å². The first-order chi connectivity index (χ1) is 17.9. The molecule has 2 aliphatic heterocycles. The highest BCUT2D eigenvalue weighted by atomic mass is 32.2. The summed E-state index contributed by atoms with van der Waals surface area (Å²) in [5.74, 6) is 0.295. The van der Waals surface area contributed by atoms with Gasteiger partial charge >= 0.3 is 5.97 Å². The van der Waals surface area contributed by atoms with Gasteiger partial charge in [-0.15, -0.1) is 0 Å². The van der Waals surface area contributed by atoms with E-state index in [9.17, 15) is 13.2 Å². The highest BCUT2D eigenvalue weighted by molar-refractivity contribution is 7.86. The average Bonchev–Trinajstić information content (AvgIpc) is 3.56. The number of rotatable bonds is 6. The maximum Gasteiger partial charge on any atom is 0.338 e. The highest BCUT2D eigenvalue weighted by Crippen LogP contribution is 2.52. The Morgan fingerprint density at radius 1 is 1.14 bits per heavy atom. The van der Waals surface area contributed by atoms with Crippen molar-refractivity contribution >= 4 is 22.2 Å². The molecule has 6 rings (SSSR count). The lowest BCUT2D eigenvalue weighted by atomic mass is 9.70. The molecule has 4 aliphatic rings. The molecular formula is C27H24O9S. The summed E-state index contributed by atoms with van der Waals surface area (Å²) in [4.78, 5) is 13.5. The van der Waals surface area contributed by atoms with Gasteiger partial charge in [-0.2, -0.15) is 8.42 Å². The van der Waals surface area contributed by atoms with Crippen LogP contribution in [0.2, 0.25) is 0 Å². The Labute approximate surface area is 214 Å². The van der Waals surface area contributed by atoms with Crippen LogP contribution in [0.4, 0.5) is 0 Å². The maximum atomic E-state index is 13.5. The topological polar surface area (TPSA) is 107 Å². The van der Waals surface area contributed by atoms with Gasteiger partial charge in [-0.1, -0.05) is 36.4 Å². The van der Waals surface area contributed by atoms with Gasteiger partial charge in [0.15, 0.2) is 17.1 Å². The molecule has 0 N–H and O–H groups in total. The lowest BCUT2D eigenvalue weighted by Gasteiger charge is -2.40. The molecule has 0 radical (unpaired) electrons. The van der Waals surface area contributed by atoms with Crippen molar-refractivity contribution in [2.24, 2.45) is 0 Å². The van der Waals surface area contributed by atoms with Crippen LogP contribution in [0.5, 0.6) is 11.5 Å². The van der Waals surface area contributed by atoms with Gasteiger partial charge in [-0.3, -0.25) is 4.18 Å². The van der Waals surface area contributed by atoms with Crippen molar-refractivity contribution in [3.63, 3.8) is 0 Å². The molecule has 1 spiro atoms. The molecular weight excluding hydrogens is 500 g/mol. The molecule has 2 aromatic carbocycles. The second kappa shape index (κ2) is 8.84. The first-order valence-electron chi connectivity index (χ1n) is 11.8. The van der Waals surface area contributed by atoms with E-state index in [4.69, 9.17) is 27.9 Å². The Morgan fingerprint density at radius 2 is 1.97 bits per heavy atom. The van der Waals surface area contributed by atoms with Crippen molar-refractivity contribution in [3.8, 4) is 22.6 Å². The van der Waals surface area contributed by atoms with Crippen molar-refractivity contribution in [2.75, 3.05) is 26.4 Å². The van der Waals surface area contributed by atoms with E-state index >= 15 is 0 Å². The van der Waals surface area contributed by atoms with Crippen LogP contribution >= 0.6 is 0 Å². The molecule has 192 valence electrons. The molecule has 10 heteroatoms. The van der Waals surface area contributed by atoms with Crippen LogP contribution < -0.4 is 9.47 Å². The van der Waals surface area contributed by atoms with Gasteiger partial charge in [-0.25, -0.2) is 4.79 Å². The summed E-state index contributed by atoms with van der Waals surface area (Å²) in [5.41, 5.74) is 2.83. The monoisotopic (exact) mass is 524 g/mol. The van der Waals surface area contributed by atoms with Gasteiger partial charge in [0, 0.05) is 11.1 Å². The number of carbonyl (C=O) groups is 1. The number of fused-ring (bicyclic) bond motifs is 2. The summed E-state index contributed by atoms with van der Waals surface area (Å²) in [6.07, 6.45) is 9.04. The molecule has 0 aromatic heterocycles. The molecule has 37 heavy (non-hydrogen) atoms. The van der Waals surface area contributed by atoms with Crippen molar-refractivity contribution in [1.82, 2.24) is 0 Å². The van der Waals surface area contributed by atoms with Gasteiger partial charge in [0.25, 0.3) is 10.1 Å². The minimum Gasteiger partial charge on any atom is -0.465 e. The van der Waals surface area contributed by atoms with Crippen LogP contribution in [-0.4, -0.2) is 46.9 Å². The number of hydrogen-bond donors (Lipinski definition) is 0. The van der Waals surface area contributed by atoms with Gasteiger partial charge in [0.05, 0.1) is 25.0 Å². The standard InChI is InChI=1S/C27H24O9S/c1-3-37(29,30)36-13-20-19(16-8-10-21-22(12-16)33-14-32-21)11-17-7-9-18-5-4-6-23-27(18,35-15-34-23)25(17)24(20)26(28)31-2/h4-12,23H,3,13-15H2,1-2H3. The number of carbonyl (C=O) groups excluding carboxylic acids is 1. The molecule has 0 bridgehead atoms. The number of methoxy groups -OCH3 is 1. The number of esters is 1. The predicted molar refractivity (Wildman–Crippen MR) is 132 cm³/mol. The summed E-state index contributed by atoms with van der Waals surface area (Å²) in [6.45, 7) is 1.25. The summed E-state index contributed by atoms with van der Waals surface area (Å²) < 4.78 is 58.5. The van der Waals surface area contributed by atoms with E-state index in [1.54, 1.807) is 12.1 Å². The quantitative estimate of drug-likeness (QED) is 0.412. The first-order valence-corrected chi connectivity index (χ1v) is 13.3. The van der Waals surface area contributed by atoms with Crippen LogP contribution in [-0.2, 0) is 40.7 Å². The summed E-state index contributed by atoms with van der Waals surface area (Å²) in [6, 6.07) is 7.29. The number of allylic oxidation sites excluding steroid dienone is 2. The van der Waals surface area contributed by atoms with E-state index in [1.807, 2.05) is 42.5 Å². The molecule has 0 amide bonds. The zero-order valence-electron chi connectivity index (χ0n) is 20.2. The summed E-state index contributed by atoms with van der Waals surface area (Å²) in [5, 5.41) is 0. The van der Waals surface area contributed by atoms with Gasteiger partial charge in [0.2, 0.25) is 6.79 Å². The van der Waals surface area contributed by atoms with E-state index in [-0.39, 0.29) is 31.5 Å². The first kappa shape index (κ1) is 23.9. The predicted octanol–water partition coefficient (Wildman–Crippen LogP) is 3.83. The third-order valence-corrected chi connectivity index (χ3v) is 8.20. The molecule has 2 unspecified atom stereocenters. The molecule has 1 saturated heterocycles. The molecule has 2 aliphatic carbocycles. The molecule has 2 atom stereocenters. The number of hydrogen-bond acceptors (Lipinski definition) is 9. The Hall–Kier alpha value is -3.44. The van der Waals surface area contributed by atoms with Crippen molar-refractivity contribution in [1.29, 1.82) is 0 Å². The Morgan fingerprint density at radius 3 is 2.78 bits per heavy atom. The van der Waals surface area contributed by atoms with Crippen LogP contribution in [0.15, 0.2) is 54.1 Å². The molecule has 2 aromatic rings. The second-order valence-corrected chi connectivity index (χ2v) is 10.8. The number of benzene rings is 2. The summed E-state index contributed by atoms with van der Waals surface area (Å²) >= 11 is 0. The van der Waals surface area contributed by atoms with E-state index in [0.29, 0.717) is 33.8 Å². The SMILES string of the molecule is CCS(=O)(=O)OCc1c(-c2ccc3c(c2)OCO3)cc2c(c1C(=O)OC)C13OCOC1C=CC=C3C=C2. The third kappa shape index (κ3) is 3.71. The van der Waals surface area contributed by atoms with Gasteiger partial charge < -0.3 is 23.7 Å². The zero-order chi connectivity index (χ0) is 25.8. The van der Waals surface area contributed by atoms with Gasteiger partial charge in [-0.05, 0) is 47.4 Å². The molecule has 1 fully saturated rings. The fraction of sp³-hybridized carbons (Fsp3) is 0.296. The van der Waals surface area contributed by atoms with Crippen molar-refractivity contribution in [3.05, 3.63) is 76.4 Å². The molecule has 2 heterocycles. The van der Waals surface area contributed by atoms with Gasteiger partial charge in [0.1, 0.15) is 12.9 Å². The smallest absolute Gasteiger partial charge is 0.338 e. The minimum absolute atomic E-state index is 0.0280. The van der Waals surface area contributed by atoms with Crippen molar-refractivity contribution in [2.45, 2.75) is 25.2 Å². The lowest BCUT2D eigenvalue weighted by Crippen LogP contribution is -2.42. The minimum atomic E-state index is -3.83. The van der Waals surface area contributed by atoms with Crippen LogP contribution in [0, 0.1) is 0 Å². The Bertz CT molecular complexity index is 1500. The molecule has 0 saturated carbocycles. The van der Waals surface area contributed by atoms with E-state index in [1.165, 1.54) is 14.0 Å². The average molecular weight is 525 g/mol. The molecule has 9 nitrogen and oxygen atoms in total. The summed E-state index contributed by atoms with van der Waals surface area (Å²) in [7, 11) is -2.54. The number of ether oxygens (including phenoxy) is 5. The fourth-order valence-corrected chi connectivity index (χ4v) is 5.71. The van der Waals surface area contributed by atoms with E-state index < -0.39 is 27.8 Å². The van der Waals surface area contributed by atoms with Crippen LogP contribution in [0.3, 0.4) is 0 Å². The Balaban J connectivity index is 1.65. The fourth-order valence-electron chi connectivity index (χ4n) is 5.25. The van der Waals surface area contributed by atoms with E-state index in [2.05, 4.69) is 0 Å². The van der Waals surface area contributed by atoms with Crippen LogP contribution in [0.1, 0.15) is 34.0 Å². The zero-order valence-corrected chi connectivity index (χ0v) is 21.0. The maximum absolute atomic E-state index is 13.5. The lowest BCUT2D eigenvalue weighted by molar-refractivity contribution is 0.00932. The third-order valence-electron chi connectivity index (χ3n) is 7.01. The highest BCUT2D eigenvalue weighted by Gasteiger charge is 2.54. The Kier molecular flexibility index (Phi) is 5.72. The second-order valence-electron chi connectivity index (χ2n) is 8.84. The normalized spacial score (nSPS) is 22.8. The largest absolute Gasteiger partial charge is 0.465 e.